The summed E-state index contributed by atoms with van der Waals surface area (Å²) in [6.07, 6.45) is 1.58. The number of rotatable bonds is 2. The summed E-state index contributed by atoms with van der Waals surface area (Å²) >= 11 is 3.12. The molecule has 0 N–H and O–H groups in total. The molecule has 0 aromatic carbocycles. The van der Waals surface area contributed by atoms with Gasteiger partial charge in [0, 0.05) is 23.0 Å². The molecule has 0 aliphatic carbocycles. The van der Waals surface area contributed by atoms with Crippen LogP contribution in [0, 0.1) is 0 Å². The predicted octanol–water partition coefficient (Wildman–Crippen LogP) is 2.32. The van der Waals surface area contributed by atoms with Crippen molar-refractivity contribution in [3.05, 3.63) is 16.8 Å². The molecule has 1 aromatic rings. The van der Waals surface area contributed by atoms with Crippen LogP contribution in [-0.2, 0) is 10.3 Å². The summed E-state index contributed by atoms with van der Waals surface area (Å²) in [4.78, 5) is 4.56. The van der Waals surface area contributed by atoms with Crippen molar-refractivity contribution < 1.29 is 9.15 Å². The first-order valence-electron chi connectivity index (χ1n) is 3.23. The molecule has 0 atom stereocenters. The standard InChI is InChI=1S/C7H10BrNO2/c1-7(2,10-3)5-4-11-6(8)9-5/h4H,1-3H3. The van der Waals surface area contributed by atoms with Crippen molar-refractivity contribution in [3.8, 4) is 0 Å². The average Bonchev–Trinajstić information content (AvgIpc) is 2.36. The maximum absolute atomic E-state index is 5.19. The van der Waals surface area contributed by atoms with Crippen molar-refractivity contribution >= 4 is 15.9 Å². The van der Waals surface area contributed by atoms with Gasteiger partial charge in [-0.1, -0.05) is 0 Å². The Kier molecular flexibility index (Phi) is 2.34. The van der Waals surface area contributed by atoms with Gasteiger partial charge in [-0.15, -0.1) is 0 Å². The Morgan fingerprint density at radius 2 is 2.27 bits per heavy atom. The van der Waals surface area contributed by atoms with Crippen LogP contribution in [-0.4, -0.2) is 12.1 Å². The zero-order valence-corrected chi connectivity index (χ0v) is 8.31. The summed E-state index contributed by atoms with van der Waals surface area (Å²) in [6.45, 7) is 3.86. The van der Waals surface area contributed by atoms with E-state index in [9.17, 15) is 0 Å². The molecule has 0 saturated carbocycles. The van der Waals surface area contributed by atoms with Gasteiger partial charge in [-0.25, -0.2) is 4.98 Å². The topological polar surface area (TPSA) is 35.3 Å². The third-order valence-corrected chi connectivity index (χ3v) is 1.97. The molecule has 0 radical (unpaired) electrons. The maximum atomic E-state index is 5.19. The molecule has 1 aromatic heterocycles. The number of hydrogen-bond donors (Lipinski definition) is 0. The van der Waals surface area contributed by atoms with Crippen LogP contribution in [0.1, 0.15) is 19.5 Å². The smallest absolute Gasteiger partial charge is 0.264 e. The van der Waals surface area contributed by atoms with Gasteiger partial charge in [0.15, 0.2) is 0 Å². The Morgan fingerprint density at radius 3 is 2.64 bits per heavy atom. The van der Waals surface area contributed by atoms with Crippen molar-refractivity contribution in [3.63, 3.8) is 0 Å². The summed E-state index contributed by atoms with van der Waals surface area (Å²) < 4.78 is 10.2. The van der Waals surface area contributed by atoms with Gasteiger partial charge in [-0.2, -0.15) is 0 Å². The zero-order chi connectivity index (χ0) is 8.48. The van der Waals surface area contributed by atoms with Gasteiger partial charge < -0.3 is 9.15 Å². The molecule has 0 aliphatic rings. The van der Waals surface area contributed by atoms with E-state index in [0.717, 1.165) is 5.69 Å². The minimum Gasteiger partial charge on any atom is -0.439 e. The maximum Gasteiger partial charge on any atom is 0.264 e. The fraction of sp³-hybridized carbons (Fsp3) is 0.571. The molecule has 0 saturated heterocycles. The van der Waals surface area contributed by atoms with Crippen LogP contribution in [0.15, 0.2) is 15.5 Å². The molecule has 0 spiro atoms. The van der Waals surface area contributed by atoms with Gasteiger partial charge in [0.2, 0.25) is 0 Å². The highest BCUT2D eigenvalue weighted by Crippen LogP contribution is 2.23. The molecule has 0 aliphatic heterocycles. The Morgan fingerprint density at radius 1 is 1.64 bits per heavy atom. The SMILES string of the molecule is COC(C)(C)c1coc(Br)n1. The van der Waals surface area contributed by atoms with E-state index >= 15 is 0 Å². The van der Waals surface area contributed by atoms with Crippen LogP contribution in [0.25, 0.3) is 0 Å². The van der Waals surface area contributed by atoms with E-state index in [2.05, 4.69) is 20.9 Å². The number of oxazole rings is 1. The second-order valence-electron chi connectivity index (χ2n) is 2.70. The molecule has 0 unspecified atom stereocenters. The summed E-state index contributed by atoms with van der Waals surface area (Å²) in [6, 6.07) is 0. The highest BCUT2D eigenvalue weighted by molar-refractivity contribution is 9.10. The Labute approximate surface area is 73.9 Å². The lowest BCUT2D eigenvalue weighted by Gasteiger charge is -2.18. The number of methoxy groups -OCH3 is 1. The first kappa shape index (κ1) is 8.74. The van der Waals surface area contributed by atoms with Crippen molar-refractivity contribution in [2.45, 2.75) is 19.4 Å². The molecular weight excluding hydrogens is 210 g/mol. The highest BCUT2D eigenvalue weighted by Gasteiger charge is 2.23. The first-order chi connectivity index (χ1) is 5.06. The van der Waals surface area contributed by atoms with Gasteiger partial charge in [-0.05, 0) is 13.8 Å². The quantitative estimate of drug-likeness (QED) is 0.767. The van der Waals surface area contributed by atoms with Gasteiger partial charge in [0.05, 0.1) is 0 Å². The largest absolute Gasteiger partial charge is 0.439 e. The van der Waals surface area contributed by atoms with E-state index in [1.165, 1.54) is 0 Å². The number of aromatic nitrogens is 1. The molecule has 4 heteroatoms. The van der Waals surface area contributed by atoms with E-state index < -0.39 is 0 Å². The van der Waals surface area contributed by atoms with Crippen molar-refractivity contribution in [2.75, 3.05) is 7.11 Å². The van der Waals surface area contributed by atoms with Crippen LogP contribution in [0.3, 0.4) is 0 Å². The molecule has 1 heterocycles. The molecule has 0 amide bonds. The van der Waals surface area contributed by atoms with E-state index in [1.807, 2.05) is 13.8 Å². The zero-order valence-electron chi connectivity index (χ0n) is 6.72. The second-order valence-corrected chi connectivity index (χ2v) is 3.38. The number of halogens is 1. The summed E-state index contributed by atoms with van der Waals surface area (Å²) in [5, 5.41) is 0. The number of nitrogens with zero attached hydrogens (tertiary/aromatic N) is 1. The van der Waals surface area contributed by atoms with Crippen molar-refractivity contribution in [1.82, 2.24) is 4.98 Å². The second kappa shape index (κ2) is 2.95. The normalized spacial score (nSPS) is 12.0. The molecular formula is C7H10BrNO2. The fourth-order valence-electron chi connectivity index (χ4n) is 0.633. The minimum absolute atomic E-state index is 0.379. The lowest BCUT2D eigenvalue weighted by Crippen LogP contribution is -2.19. The Bertz CT molecular complexity index is 244. The van der Waals surface area contributed by atoms with E-state index in [4.69, 9.17) is 9.15 Å². The molecule has 0 fully saturated rings. The van der Waals surface area contributed by atoms with E-state index in [-0.39, 0.29) is 5.60 Å². The molecule has 11 heavy (non-hydrogen) atoms. The summed E-state index contributed by atoms with van der Waals surface area (Å²) in [5.41, 5.74) is 0.405. The van der Waals surface area contributed by atoms with Crippen molar-refractivity contribution in [1.29, 1.82) is 0 Å². The predicted molar refractivity (Wildman–Crippen MR) is 44.2 cm³/mol. The first-order valence-corrected chi connectivity index (χ1v) is 4.02. The van der Waals surface area contributed by atoms with Crippen LogP contribution >= 0.6 is 15.9 Å². The van der Waals surface area contributed by atoms with Gasteiger partial charge >= 0.3 is 0 Å². The average molecular weight is 220 g/mol. The van der Waals surface area contributed by atoms with Crippen LogP contribution in [0.5, 0.6) is 0 Å². The summed E-state index contributed by atoms with van der Waals surface area (Å²) in [7, 11) is 1.64. The van der Waals surface area contributed by atoms with E-state index in [1.54, 1.807) is 13.4 Å². The molecule has 3 nitrogen and oxygen atoms in total. The fourth-order valence-corrected chi connectivity index (χ4v) is 0.917. The van der Waals surface area contributed by atoms with Crippen LogP contribution in [0.2, 0.25) is 0 Å². The van der Waals surface area contributed by atoms with Crippen LogP contribution in [0.4, 0.5) is 0 Å². The van der Waals surface area contributed by atoms with Crippen LogP contribution < -0.4 is 0 Å². The molecule has 1 rings (SSSR count). The third-order valence-electron chi connectivity index (χ3n) is 1.60. The van der Waals surface area contributed by atoms with Crippen molar-refractivity contribution in [2.24, 2.45) is 0 Å². The highest BCUT2D eigenvalue weighted by atomic mass is 79.9. The third kappa shape index (κ3) is 1.81. The lowest BCUT2D eigenvalue weighted by molar-refractivity contribution is 0.0154. The number of ether oxygens (including phenoxy) is 1. The molecule has 0 bridgehead atoms. The minimum atomic E-state index is -0.379. The lowest BCUT2D eigenvalue weighted by atomic mass is 10.1. The Hall–Kier alpha value is -0.350. The molecule has 62 valence electrons. The number of hydrogen-bond acceptors (Lipinski definition) is 3. The van der Waals surface area contributed by atoms with Gasteiger partial charge in [0.1, 0.15) is 17.6 Å². The van der Waals surface area contributed by atoms with E-state index in [0.29, 0.717) is 4.80 Å². The van der Waals surface area contributed by atoms with Gasteiger partial charge in [0.25, 0.3) is 4.80 Å². The van der Waals surface area contributed by atoms with Gasteiger partial charge in [-0.3, -0.25) is 0 Å². The Balaban J connectivity index is 2.92. The monoisotopic (exact) mass is 219 g/mol. The summed E-state index contributed by atoms with van der Waals surface area (Å²) in [5.74, 6) is 0.